The molecule has 102 valence electrons. The Kier molecular flexibility index (Phi) is 3.81. The summed E-state index contributed by atoms with van der Waals surface area (Å²) in [5.41, 5.74) is 0.837. The van der Waals surface area contributed by atoms with Crippen LogP contribution in [0.15, 0.2) is 28.7 Å². The van der Waals surface area contributed by atoms with Gasteiger partial charge in [-0.15, -0.1) is 0 Å². The number of nitrogens with one attached hydrogen (secondary N) is 1. The highest BCUT2D eigenvalue weighted by atomic mass is 35.5. The van der Waals surface area contributed by atoms with Crippen molar-refractivity contribution in [1.29, 1.82) is 0 Å². The minimum absolute atomic E-state index is 0.517. The van der Waals surface area contributed by atoms with Gasteiger partial charge in [0.05, 0.1) is 5.02 Å². The highest BCUT2D eigenvalue weighted by molar-refractivity contribution is 6.34. The number of halogens is 1. The maximum absolute atomic E-state index is 6.19. The Balaban J connectivity index is 1.92. The largest absolute Gasteiger partial charge is 0.459 e. The minimum atomic E-state index is 0.517. The van der Waals surface area contributed by atoms with Crippen LogP contribution in [0.2, 0.25) is 5.02 Å². The van der Waals surface area contributed by atoms with Gasteiger partial charge in [-0.25, -0.2) is 0 Å². The van der Waals surface area contributed by atoms with Crippen molar-refractivity contribution in [2.45, 2.75) is 44.1 Å². The van der Waals surface area contributed by atoms with E-state index in [-0.39, 0.29) is 0 Å². The summed E-state index contributed by atoms with van der Waals surface area (Å²) in [7, 11) is 2.06. The van der Waals surface area contributed by atoms with Crippen LogP contribution in [-0.4, -0.2) is 13.1 Å². The second kappa shape index (κ2) is 5.56. The second-order valence-electron chi connectivity index (χ2n) is 5.51. The Morgan fingerprint density at radius 1 is 1.26 bits per heavy atom. The standard InChI is InChI=1S/C16H20ClNO/c1-18-13-7-3-2-5-11(9-13)15-10-12-6-4-8-14(17)16(12)19-15/h4,6,8,10-11,13,18H,2-3,5,7,9H2,1H3. The van der Waals surface area contributed by atoms with Gasteiger partial charge in [0.1, 0.15) is 5.76 Å². The molecule has 2 unspecified atom stereocenters. The summed E-state index contributed by atoms with van der Waals surface area (Å²) in [6, 6.07) is 8.72. The molecule has 0 aliphatic heterocycles. The van der Waals surface area contributed by atoms with E-state index in [1.807, 2.05) is 12.1 Å². The van der Waals surface area contributed by atoms with E-state index in [4.69, 9.17) is 16.0 Å². The van der Waals surface area contributed by atoms with Gasteiger partial charge >= 0.3 is 0 Å². The lowest BCUT2D eigenvalue weighted by atomic mass is 9.95. The third-order valence-corrected chi connectivity index (χ3v) is 4.55. The first-order valence-electron chi connectivity index (χ1n) is 7.13. The first kappa shape index (κ1) is 13.0. The van der Waals surface area contributed by atoms with Crippen molar-refractivity contribution in [2.24, 2.45) is 0 Å². The average Bonchev–Trinajstić information content (AvgIpc) is 2.71. The molecule has 1 fully saturated rings. The van der Waals surface area contributed by atoms with Crippen molar-refractivity contribution in [3.63, 3.8) is 0 Å². The summed E-state index contributed by atoms with van der Waals surface area (Å²) < 4.78 is 6.03. The van der Waals surface area contributed by atoms with Gasteiger partial charge in [-0.05, 0) is 38.4 Å². The highest BCUT2D eigenvalue weighted by Crippen LogP contribution is 2.36. The van der Waals surface area contributed by atoms with Crippen molar-refractivity contribution in [3.05, 3.63) is 35.0 Å². The number of furan rings is 1. The average molecular weight is 278 g/mol. The third-order valence-electron chi connectivity index (χ3n) is 4.25. The molecule has 0 radical (unpaired) electrons. The second-order valence-corrected chi connectivity index (χ2v) is 5.92. The van der Waals surface area contributed by atoms with Crippen molar-refractivity contribution in [1.82, 2.24) is 5.32 Å². The van der Waals surface area contributed by atoms with E-state index in [0.717, 1.165) is 23.2 Å². The number of hydrogen-bond acceptors (Lipinski definition) is 2. The molecular formula is C16H20ClNO. The summed E-state index contributed by atoms with van der Waals surface area (Å²) >= 11 is 6.19. The molecule has 2 aromatic rings. The summed E-state index contributed by atoms with van der Waals surface area (Å²) in [6.45, 7) is 0. The molecule has 19 heavy (non-hydrogen) atoms. The lowest BCUT2D eigenvalue weighted by molar-refractivity contribution is 0.417. The summed E-state index contributed by atoms with van der Waals surface area (Å²) in [4.78, 5) is 0. The maximum Gasteiger partial charge on any atom is 0.152 e. The minimum Gasteiger partial charge on any atom is -0.459 e. The third kappa shape index (κ3) is 2.65. The quantitative estimate of drug-likeness (QED) is 0.804. The van der Waals surface area contributed by atoms with Crippen LogP contribution < -0.4 is 5.32 Å². The number of para-hydroxylation sites is 1. The maximum atomic E-state index is 6.19. The van der Waals surface area contributed by atoms with Crippen LogP contribution in [0.5, 0.6) is 0 Å². The zero-order chi connectivity index (χ0) is 13.2. The van der Waals surface area contributed by atoms with E-state index in [9.17, 15) is 0 Å². The molecule has 1 aromatic carbocycles. The normalized spacial score (nSPS) is 24.5. The molecule has 1 aliphatic carbocycles. The van der Waals surface area contributed by atoms with E-state index in [1.54, 1.807) is 0 Å². The van der Waals surface area contributed by atoms with Crippen molar-refractivity contribution in [3.8, 4) is 0 Å². The molecule has 2 atom stereocenters. The Morgan fingerprint density at radius 3 is 2.89 bits per heavy atom. The van der Waals surface area contributed by atoms with E-state index < -0.39 is 0 Å². The van der Waals surface area contributed by atoms with Gasteiger partial charge in [0.15, 0.2) is 5.58 Å². The molecule has 1 aromatic heterocycles. The van der Waals surface area contributed by atoms with Crippen LogP contribution in [0.25, 0.3) is 11.0 Å². The van der Waals surface area contributed by atoms with Crippen LogP contribution in [0.3, 0.4) is 0 Å². The molecule has 1 aliphatic rings. The van der Waals surface area contributed by atoms with Crippen molar-refractivity contribution < 1.29 is 4.42 Å². The van der Waals surface area contributed by atoms with Crippen molar-refractivity contribution in [2.75, 3.05) is 7.05 Å². The molecule has 3 rings (SSSR count). The molecule has 1 N–H and O–H groups in total. The predicted molar refractivity (Wildman–Crippen MR) is 79.9 cm³/mol. The van der Waals surface area contributed by atoms with E-state index >= 15 is 0 Å². The van der Waals surface area contributed by atoms with Gasteiger partial charge in [0.2, 0.25) is 0 Å². The smallest absolute Gasteiger partial charge is 0.152 e. The van der Waals surface area contributed by atoms with E-state index in [1.165, 1.54) is 25.7 Å². The van der Waals surface area contributed by atoms with Gasteiger partial charge in [-0.1, -0.05) is 36.6 Å². The lowest BCUT2D eigenvalue weighted by Crippen LogP contribution is -2.25. The Bertz CT molecular complexity index is 563. The first-order valence-corrected chi connectivity index (χ1v) is 7.51. The van der Waals surface area contributed by atoms with Gasteiger partial charge in [-0.3, -0.25) is 0 Å². The fraction of sp³-hybridized carbons (Fsp3) is 0.500. The molecule has 1 heterocycles. The van der Waals surface area contributed by atoms with Gasteiger partial charge in [-0.2, -0.15) is 0 Å². The molecular weight excluding hydrogens is 258 g/mol. The molecule has 0 saturated heterocycles. The molecule has 2 nitrogen and oxygen atoms in total. The topological polar surface area (TPSA) is 25.2 Å². The van der Waals surface area contributed by atoms with Crippen LogP contribution in [0.4, 0.5) is 0 Å². The van der Waals surface area contributed by atoms with Crippen LogP contribution >= 0.6 is 11.6 Å². The molecule has 0 spiro atoms. The monoisotopic (exact) mass is 277 g/mol. The van der Waals surface area contributed by atoms with Crippen LogP contribution in [-0.2, 0) is 0 Å². The molecule has 1 saturated carbocycles. The molecule has 3 heteroatoms. The Labute approximate surface area is 119 Å². The number of fused-ring (bicyclic) bond motifs is 1. The summed E-state index contributed by atoms with van der Waals surface area (Å²) in [5, 5.41) is 5.25. The Morgan fingerprint density at radius 2 is 2.11 bits per heavy atom. The number of benzene rings is 1. The van der Waals surface area contributed by atoms with Crippen molar-refractivity contribution >= 4 is 22.6 Å². The van der Waals surface area contributed by atoms with E-state index in [2.05, 4.69) is 24.5 Å². The van der Waals surface area contributed by atoms with Crippen LogP contribution in [0, 0.1) is 0 Å². The number of hydrogen-bond donors (Lipinski definition) is 1. The van der Waals surface area contributed by atoms with Crippen LogP contribution in [0.1, 0.15) is 43.8 Å². The number of rotatable bonds is 2. The SMILES string of the molecule is CNC1CCCCC(c2cc3cccc(Cl)c3o2)C1. The molecule has 0 bridgehead atoms. The van der Waals surface area contributed by atoms with Gasteiger partial charge < -0.3 is 9.73 Å². The Hall–Kier alpha value is -0.990. The fourth-order valence-electron chi connectivity index (χ4n) is 3.13. The van der Waals surface area contributed by atoms with Gasteiger partial charge in [0.25, 0.3) is 0 Å². The molecule has 0 amide bonds. The highest BCUT2D eigenvalue weighted by Gasteiger charge is 2.23. The van der Waals surface area contributed by atoms with Gasteiger partial charge in [0, 0.05) is 17.3 Å². The zero-order valence-corrected chi connectivity index (χ0v) is 12.0. The summed E-state index contributed by atoms with van der Waals surface area (Å²) in [6.07, 6.45) is 6.24. The lowest BCUT2D eigenvalue weighted by Gasteiger charge is -2.17. The summed E-state index contributed by atoms with van der Waals surface area (Å²) in [5.74, 6) is 1.62. The zero-order valence-electron chi connectivity index (χ0n) is 11.3. The first-order chi connectivity index (χ1) is 9.28. The predicted octanol–water partition coefficient (Wildman–Crippen LogP) is 4.72. The van der Waals surface area contributed by atoms with E-state index in [0.29, 0.717) is 17.0 Å². The fourth-order valence-corrected chi connectivity index (χ4v) is 3.35.